The van der Waals surface area contributed by atoms with E-state index in [0.29, 0.717) is 24.1 Å². The van der Waals surface area contributed by atoms with Crippen molar-refractivity contribution in [2.45, 2.75) is 26.4 Å². The monoisotopic (exact) mass is 267 g/mol. The van der Waals surface area contributed by atoms with E-state index in [4.69, 9.17) is 5.11 Å². The summed E-state index contributed by atoms with van der Waals surface area (Å²) in [6.45, 7) is 2.84. The van der Waals surface area contributed by atoms with Crippen LogP contribution in [0.5, 0.6) is 0 Å². The average molecular weight is 267 g/mol. The van der Waals surface area contributed by atoms with Crippen LogP contribution in [0.2, 0.25) is 0 Å². The van der Waals surface area contributed by atoms with Crippen LogP contribution in [0.25, 0.3) is 0 Å². The molecule has 0 radical (unpaired) electrons. The quantitative estimate of drug-likeness (QED) is 0.662. The third-order valence-corrected chi connectivity index (χ3v) is 3.11. The summed E-state index contributed by atoms with van der Waals surface area (Å²) in [6.07, 6.45) is 2.67. The Kier molecular flexibility index (Phi) is 3.98. The summed E-state index contributed by atoms with van der Waals surface area (Å²) in [6, 6.07) is -0.244. The maximum absolute atomic E-state index is 11.5. The van der Waals surface area contributed by atoms with Crippen LogP contribution in [0.1, 0.15) is 19.0 Å². The molecule has 3 N–H and O–H groups in total. The van der Waals surface area contributed by atoms with Crippen molar-refractivity contribution in [1.82, 2.24) is 25.6 Å². The molecule has 8 heteroatoms. The molecule has 0 bridgehead atoms. The molecular weight excluding hydrogens is 250 g/mol. The Morgan fingerprint density at radius 1 is 1.53 bits per heavy atom. The summed E-state index contributed by atoms with van der Waals surface area (Å²) >= 11 is 0. The van der Waals surface area contributed by atoms with E-state index in [-0.39, 0.29) is 19.1 Å². The third-order valence-electron chi connectivity index (χ3n) is 3.11. The summed E-state index contributed by atoms with van der Waals surface area (Å²) in [5.41, 5.74) is 0.524. The van der Waals surface area contributed by atoms with Gasteiger partial charge in [0.25, 0.3) is 0 Å². The van der Waals surface area contributed by atoms with Crippen LogP contribution < -0.4 is 10.6 Å². The zero-order chi connectivity index (χ0) is 13.8. The number of urea groups is 1. The number of carboxylic acids is 1. The Bertz CT molecular complexity index is 473. The first-order valence-electron chi connectivity index (χ1n) is 6.17. The van der Waals surface area contributed by atoms with Gasteiger partial charge in [-0.1, -0.05) is 12.1 Å². The van der Waals surface area contributed by atoms with Crippen LogP contribution in [-0.2, 0) is 17.9 Å². The van der Waals surface area contributed by atoms with Crippen molar-refractivity contribution in [3.05, 3.63) is 11.9 Å². The highest BCUT2D eigenvalue weighted by atomic mass is 16.4. The van der Waals surface area contributed by atoms with Gasteiger partial charge in [-0.25, -0.2) is 9.48 Å². The molecule has 1 aromatic heterocycles. The Morgan fingerprint density at radius 3 is 2.89 bits per heavy atom. The second-order valence-corrected chi connectivity index (χ2v) is 4.84. The number of hydrogen-bond donors (Lipinski definition) is 3. The highest BCUT2D eigenvalue weighted by Gasteiger charge is 2.32. The number of aliphatic carboxylic acids is 1. The number of amides is 2. The number of aromatic nitrogens is 3. The molecule has 2 atom stereocenters. The van der Waals surface area contributed by atoms with Crippen LogP contribution in [0, 0.1) is 11.8 Å². The number of rotatable bonds is 6. The van der Waals surface area contributed by atoms with Crippen LogP contribution in [0.15, 0.2) is 6.20 Å². The second-order valence-electron chi connectivity index (χ2n) is 4.84. The SMILES string of the molecule is CC1CC1CNC(=O)NCc1cn(CC(=O)O)nn1. The lowest BCUT2D eigenvalue weighted by Gasteiger charge is -2.05. The zero-order valence-corrected chi connectivity index (χ0v) is 10.7. The van der Waals surface area contributed by atoms with Gasteiger partial charge < -0.3 is 15.7 Å². The molecule has 19 heavy (non-hydrogen) atoms. The smallest absolute Gasteiger partial charge is 0.325 e. The summed E-state index contributed by atoms with van der Waals surface area (Å²) in [4.78, 5) is 21.9. The minimum atomic E-state index is -0.985. The number of nitrogens with one attached hydrogen (secondary N) is 2. The third kappa shape index (κ3) is 4.23. The van der Waals surface area contributed by atoms with E-state index in [1.807, 2.05) is 0 Å². The lowest BCUT2D eigenvalue weighted by Crippen LogP contribution is -2.36. The molecule has 0 spiro atoms. The molecule has 1 fully saturated rings. The van der Waals surface area contributed by atoms with E-state index in [2.05, 4.69) is 27.9 Å². The van der Waals surface area contributed by atoms with Gasteiger partial charge in [-0.3, -0.25) is 4.79 Å². The Morgan fingerprint density at radius 2 is 2.26 bits per heavy atom. The van der Waals surface area contributed by atoms with E-state index in [1.165, 1.54) is 17.3 Å². The summed E-state index contributed by atoms with van der Waals surface area (Å²) in [5, 5.41) is 21.4. The summed E-state index contributed by atoms with van der Waals surface area (Å²) < 4.78 is 1.21. The van der Waals surface area contributed by atoms with Gasteiger partial charge in [0, 0.05) is 6.54 Å². The number of carbonyl (C=O) groups excluding carboxylic acids is 1. The molecule has 0 aliphatic heterocycles. The Balaban J connectivity index is 1.67. The first kappa shape index (κ1) is 13.3. The number of carboxylic acid groups (broad SMARTS) is 1. The van der Waals surface area contributed by atoms with E-state index in [9.17, 15) is 9.59 Å². The van der Waals surface area contributed by atoms with E-state index >= 15 is 0 Å². The molecule has 1 heterocycles. The lowest BCUT2D eigenvalue weighted by molar-refractivity contribution is -0.137. The molecular formula is C11H17N5O3. The van der Waals surface area contributed by atoms with Crippen molar-refractivity contribution in [3.8, 4) is 0 Å². The minimum Gasteiger partial charge on any atom is -0.480 e. The first-order valence-corrected chi connectivity index (χ1v) is 6.17. The second kappa shape index (κ2) is 5.68. The fourth-order valence-electron chi connectivity index (χ4n) is 1.78. The van der Waals surface area contributed by atoms with Crippen molar-refractivity contribution in [2.24, 2.45) is 11.8 Å². The predicted octanol–water partition coefficient (Wildman–Crippen LogP) is -0.182. The topological polar surface area (TPSA) is 109 Å². The molecule has 104 valence electrons. The largest absolute Gasteiger partial charge is 0.480 e. The number of nitrogens with zero attached hydrogens (tertiary/aromatic N) is 3. The number of carbonyl (C=O) groups is 2. The van der Waals surface area contributed by atoms with E-state index < -0.39 is 5.97 Å². The molecule has 8 nitrogen and oxygen atoms in total. The normalized spacial score (nSPS) is 20.9. The van der Waals surface area contributed by atoms with Crippen LogP contribution in [-0.4, -0.2) is 38.6 Å². The minimum absolute atomic E-state index is 0.228. The Hall–Kier alpha value is -2.12. The molecule has 2 unspecified atom stereocenters. The fourth-order valence-corrected chi connectivity index (χ4v) is 1.78. The van der Waals surface area contributed by atoms with Crippen molar-refractivity contribution < 1.29 is 14.7 Å². The summed E-state index contributed by atoms with van der Waals surface area (Å²) in [7, 11) is 0. The maximum atomic E-state index is 11.5. The molecule has 1 saturated carbocycles. The molecule has 0 saturated heterocycles. The van der Waals surface area contributed by atoms with Crippen LogP contribution in [0.4, 0.5) is 4.79 Å². The van der Waals surface area contributed by atoms with Gasteiger partial charge in [0.2, 0.25) is 0 Å². The summed E-state index contributed by atoms with van der Waals surface area (Å²) in [5.74, 6) is 0.319. The van der Waals surface area contributed by atoms with E-state index in [1.54, 1.807) is 0 Å². The van der Waals surface area contributed by atoms with Gasteiger partial charge in [-0.15, -0.1) is 5.10 Å². The van der Waals surface area contributed by atoms with Crippen molar-refractivity contribution >= 4 is 12.0 Å². The van der Waals surface area contributed by atoms with Gasteiger partial charge in [0.1, 0.15) is 12.2 Å². The lowest BCUT2D eigenvalue weighted by atomic mass is 10.3. The van der Waals surface area contributed by atoms with Gasteiger partial charge in [-0.2, -0.15) is 0 Å². The van der Waals surface area contributed by atoms with Crippen molar-refractivity contribution in [1.29, 1.82) is 0 Å². The Labute approximate surface area is 110 Å². The first-order chi connectivity index (χ1) is 9.04. The highest BCUT2D eigenvalue weighted by molar-refractivity contribution is 5.73. The molecule has 2 amide bonds. The molecule has 0 aromatic carbocycles. The van der Waals surface area contributed by atoms with Gasteiger partial charge in [0.15, 0.2) is 0 Å². The zero-order valence-electron chi connectivity index (χ0n) is 10.7. The molecule has 2 rings (SSSR count). The van der Waals surface area contributed by atoms with Gasteiger partial charge in [0.05, 0.1) is 12.7 Å². The molecule has 1 aliphatic rings. The average Bonchev–Trinajstić information content (AvgIpc) is 2.86. The van der Waals surface area contributed by atoms with E-state index in [0.717, 1.165) is 0 Å². The van der Waals surface area contributed by atoms with Gasteiger partial charge in [-0.05, 0) is 18.3 Å². The standard InChI is InChI=1S/C11H17N5O3/c1-7-2-8(7)3-12-11(19)13-4-9-5-16(15-14-9)6-10(17)18/h5,7-8H,2-4,6H2,1H3,(H,17,18)(H2,12,13,19). The maximum Gasteiger partial charge on any atom is 0.325 e. The predicted molar refractivity (Wildman–Crippen MR) is 65.2 cm³/mol. The molecule has 1 aliphatic carbocycles. The molecule has 1 aromatic rings. The van der Waals surface area contributed by atoms with Crippen molar-refractivity contribution in [2.75, 3.05) is 6.54 Å². The van der Waals surface area contributed by atoms with Crippen LogP contribution >= 0.6 is 0 Å². The number of hydrogen-bond acceptors (Lipinski definition) is 4. The fraction of sp³-hybridized carbons (Fsp3) is 0.636. The highest BCUT2D eigenvalue weighted by Crippen LogP contribution is 2.36. The van der Waals surface area contributed by atoms with Crippen molar-refractivity contribution in [3.63, 3.8) is 0 Å². The van der Waals surface area contributed by atoms with Gasteiger partial charge >= 0.3 is 12.0 Å². The van der Waals surface area contributed by atoms with Crippen LogP contribution in [0.3, 0.4) is 0 Å².